The molecule has 1 heterocycles. The van der Waals surface area contributed by atoms with Crippen LogP contribution in [0, 0.1) is 11.8 Å². The van der Waals surface area contributed by atoms with E-state index in [0.717, 1.165) is 23.8 Å². The van der Waals surface area contributed by atoms with Crippen LogP contribution in [0.4, 0.5) is 4.39 Å². The molecule has 2 fully saturated rings. The van der Waals surface area contributed by atoms with Crippen LogP contribution in [-0.2, 0) is 13.1 Å². The number of likely N-dealkylation sites (tertiary alicyclic amines) is 1. The second-order valence-corrected chi connectivity index (χ2v) is 8.01. The molecular weight excluding hydrogens is 299 g/mol. The third kappa shape index (κ3) is 5.29. The lowest BCUT2D eigenvalue weighted by molar-refractivity contribution is 0.165. The first-order chi connectivity index (χ1) is 11.7. The van der Waals surface area contributed by atoms with Crippen LogP contribution >= 0.6 is 0 Å². The van der Waals surface area contributed by atoms with Crippen LogP contribution in [0.1, 0.15) is 56.1 Å². The molecule has 0 atom stereocenters. The first-order valence-corrected chi connectivity index (χ1v) is 9.84. The summed E-state index contributed by atoms with van der Waals surface area (Å²) in [6.07, 6.45) is 10.2. The van der Waals surface area contributed by atoms with Crippen LogP contribution in [0.3, 0.4) is 0 Å². The van der Waals surface area contributed by atoms with Crippen molar-refractivity contribution in [3.8, 4) is 0 Å². The number of nitrogens with zero attached hydrogens (tertiary/aromatic N) is 1. The van der Waals surface area contributed by atoms with Gasteiger partial charge in [0, 0.05) is 6.04 Å². The molecule has 2 aliphatic rings. The molecule has 134 valence electrons. The van der Waals surface area contributed by atoms with E-state index in [2.05, 4.69) is 11.0 Å². The molecule has 0 aromatic heterocycles. The van der Waals surface area contributed by atoms with Gasteiger partial charge in [0.2, 0.25) is 0 Å². The Bertz CT molecular complexity index is 488. The van der Waals surface area contributed by atoms with E-state index in [0.29, 0.717) is 6.04 Å². The molecular formula is C21H33FN2. The molecule has 24 heavy (non-hydrogen) atoms. The lowest BCUT2D eigenvalue weighted by Gasteiger charge is -2.34. The summed E-state index contributed by atoms with van der Waals surface area (Å²) in [5.41, 5.74) is 8.13. The Morgan fingerprint density at radius 1 is 0.958 bits per heavy atom. The van der Waals surface area contributed by atoms with E-state index < -0.39 is 0 Å². The van der Waals surface area contributed by atoms with Crippen molar-refractivity contribution in [2.24, 2.45) is 17.6 Å². The van der Waals surface area contributed by atoms with E-state index >= 15 is 0 Å². The number of nitrogens with two attached hydrogens (primary N) is 1. The minimum Gasteiger partial charge on any atom is -0.328 e. The predicted octanol–water partition coefficient (Wildman–Crippen LogP) is 4.32. The summed E-state index contributed by atoms with van der Waals surface area (Å²) in [4.78, 5) is 2.66. The van der Waals surface area contributed by atoms with Crippen molar-refractivity contribution in [1.29, 1.82) is 0 Å². The molecule has 1 aromatic carbocycles. The van der Waals surface area contributed by atoms with Gasteiger partial charge < -0.3 is 10.6 Å². The molecule has 1 aliphatic heterocycles. The first-order valence-electron chi connectivity index (χ1n) is 9.84. The lowest BCUT2D eigenvalue weighted by atomic mass is 9.84. The van der Waals surface area contributed by atoms with Crippen molar-refractivity contribution < 1.29 is 4.39 Å². The Morgan fingerprint density at radius 3 is 2.38 bits per heavy atom. The smallest absolute Gasteiger partial charge is 0.115 e. The van der Waals surface area contributed by atoms with Crippen molar-refractivity contribution in [3.63, 3.8) is 0 Å². The maximum absolute atomic E-state index is 12.8. The Kier molecular flexibility index (Phi) is 6.67. The SMILES string of the molecule is NC1CCC(CCN2CCC(Cc3cccc(CF)c3)CC2)CC1. The normalized spacial score (nSPS) is 26.6. The Labute approximate surface area is 146 Å². The summed E-state index contributed by atoms with van der Waals surface area (Å²) in [5.74, 6) is 1.68. The highest BCUT2D eigenvalue weighted by Gasteiger charge is 2.22. The van der Waals surface area contributed by atoms with Crippen LogP contribution < -0.4 is 5.73 Å². The molecule has 1 saturated carbocycles. The number of piperidine rings is 1. The quantitative estimate of drug-likeness (QED) is 0.841. The van der Waals surface area contributed by atoms with Crippen molar-refractivity contribution in [1.82, 2.24) is 4.90 Å². The summed E-state index contributed by atoms with van der Waals surface area (Å²) in [7, 11) is 0. The molecule has 0 amide bonds. The number of hydrogen-bond acceptors (Lipinski definition) is 2. The molecule has 0 unspecified atom stereocenters. The fraction of sp³-hybridized carbons (Fsp3) is 0.714. The zero-order valence-corrected chi connectivity index (χ0v) is 14.9. The van der Waals surface area contributed by atoms with Crippen LogP contribution in [-0.4, -0.2) is 30.6 Å². The lowest BCUT2D eigenvalue weighted by Crippen LogP contribution is -2.36. The van der Waals surface area contributed by atoms with Gasteiger partial charge in [0.15, 0.2) is 0 Å². The summed E-state index contributed by atoms with van der Waals surface area (Å²) in [6.45, 7) is 3.39. The van der Waals surface area contributed by atoms with Crippen molar-refractivity contribution in [2.75, 3.05) is 19.6 Å². The molecule has 2 nitrogen and oxygen atoms in total. The standard InChI is InChI=1S/C21H33FN2/c22-16-20-3-1-2-19(15-20)14-18-9-12-24(13-10-18)11-8-17-4-6-21(23)7-5-17/h1-3,15,17-18,21H,4-14,16,23H2. The fourth-order valence-corrected chi connectivity index (χ4v) is 4.43. The zero-order chi connectivity index (χ0) is 16.8. The van der Waals surface area contributed by atoms with E-state index in [4.69, 9.17) is 5.73 Å². The maximum atomic E-state index is 12.8. The van der Waals surface area contributed by atoms with Gasteiger partial charge in [-0.2, -0.15) is 0 Å². The van der Waals surface area contributed by atoms with Gasteiger partial charge in [-0.15, -0.1) is 0 Å². The summed E-state index contributed by atoms with van der Waals surface area (Å²) >= 11 is 0. The largest absolute Gasteiger partial charge is 0.328 e. The van der Waals surface area contributed by atoms with E-state index in [-0.39, 0.29) is 6.67 Å². The second kappa shape index (κ2) is 8.96. The van der Waals surface area contributed by atoms with Gasteiger partial charge in [-0.1, -0.05) is 24.3 Å². The third-order valence-corrected chi connectivity index (χ3v) is 6.12. The van der Waals surface area contributed by atoms with Crippen molar-refractivity contribution in [2.45, 2.75) is 64.1 Å². The molecule has 1 aliphatic carbocycles. The Hall–Kier alpha value is -0.930. The average Bonchev–Trinajstić information content (AvgIpc) is 2.63. The van der Waals surface area contributed by atoms with Crippen LogP contribution in [0.2, 0.25) is 0 Å². The highest BCUT2D eigenvalue weighted by molar-refractivity contribution is 5.23. The van der Waals surface area contributed by atoms with Gasteiger partial charge in [-0.25, -0.2) is 4.39 Å². The Morgan fingerprint density at radius 2 is 1.67 bits per heavy atom. The molecule has 3 rings (SSSR count). The van der Waals surface area contributed by atoms with Gasteiger partial charge >= 0.3 is 0 Å². The average molecular weight is 333 g/mol. The van der Waals surface area contributed by atoms with Gasteiger partial charge in [-0.3, -0.25) is 0 Å². The van der Waals surface area contributed by atoms with E-state index in [1.807, 2.05) is 18.2 Å². The zero-order valence-electron chi connectivity index (χ0n) is 14.9. The molecule has 2 N–H and O–H groups in total. The van der Waals surface area contributed by atoms with E-state index in [1.165, 1.54) is 70.1 Å². The van der Waals surface area contributed by atoms with Gasteiger partial charge in [0.25, 0.3) is 0 Å². The molecule has 1 saturated heterocycles. The van der Waals surface area contributed by atoms with Crippen molar-refractivity contribution in [3.05, 3.63) is 35.4 Å². The van der Waals surface area contributed by atoms with Crippen LogP contribution in [0.25, 0.3) is 0 Å². The van der Waals surface area contributed by atoms with Gasteiger partial charge in [0.1, 0.15) is 6.67 Å². The second-order valence-electron chi connectivity index (χ2n) is 8.01. The van der Waals surface area contributed by atoms with Crippen LogP contribution in [0.5, 0.6) is 0 Å². The van der Waals surface area contributed by atoms with Gasteiger partial charge in [0.05, 0.1) is 0 Å². The molecule has 1 aromatic rings. The van der Waals surface area contributed by atoms with Gasteiger partial charge in [-0.05, 0) is 94.0 Å². The van der Waals surface area contributed by atoms with E-state index in [9.17, 15) is 4.39 Å². The minimum atomic E-state index is -0.349. The maximum Gasteiger partial charge on any atom is 0.115 e. The summed E-state index contributed by atoms with van der Waals surface area (Å²) in [5, 5.41) is 0. The minimum absolute atomic E-state index is 0.349. The van der Waals surface area contributed by atoms with Crippen LogP contribution in [0.15, 0.2) is 24.3 Å². The molecule has 0 spiro atoms. The molecule has 3 heteroatoms. The first kappa shape index (κ1) is 17.9. The monoisotopic (exact) mass is 332 g/mol. The summed E-state index contributed by atoms with van der Waals surface area (Å²) in [6, 6.07) is 8.53. The summed E-state index contributed by atoms with van der Waals surface area (Å²) < 4.78 is 12.8. The Balaban J connectivity index is 1.36. The number of halogens is 1. The predicted molar refractivity (Wildman–Crippen MR) is 98.7 cm³/mol. The van der Waals surface area contributed by atoms with E-state index in [1.54, 1.807) is 0 Å². The molecule has 0 radical (unpaired) electrons. The number of rotatable bonds is 6. The number of benzene rings is 1. The highest BCUT2D eigenvalue weighted by atomic mass is 19.1. The molecule has 0 bridgehead atoms. The highest BCUT2D eigenvalue weighted by Crippen LogP contribution is 2.27. The number of alkyl halides is 1. The third-order valence-electron chi connectivity index (χ3n) is 6.12. The number of hydrogen-bond donors (Lipinski definition) is 1. The topological polar surface area (TPSA) is 29.3 Å². The van der Waals surface area contributed by atoms with Crippen molar-refractivity contribution >= 4 is 0 Å². The fourth-order valence-electron chi connectivity index (χ4n) is 4.43.